The van der Waals surface area contributed by atoms with Crippen LogP contribution in [0.1, 0.15) is 24.0 Å². The van der Waals surface area contributed by atoms with Gasteiger partial charge in [0.15, 0.2) is 0 Å². The van der Waals surface area contributed by atoms with Gasteiger partial charge in [-0.1, -0.05) is 36.4 Å². The predicted molar refractivity (Wildman–Crippen MR) is 117 cm³/mol. The molecule has 1 atom stereocenters. The van der Waals surface area contributed by atoms with Crippen LogP contribution in [-0.2, 0) is 27.2 Å². The first-order valence-electron chi connectivity index (χ1n) is 10.5. The van der Waals surface area contributed by atoms with Crippen molar-refractivity contribution >= 4 is 17.5 Å². The monoisotopic (exact) mass is 418 g/mol. The van der Waals surface area contributed by atoms with Crippen molar-refractivity contribution in [2.45, 2.75) is 37.3 Å². The SMILES string of the molecule is CN1C(=O)Cc2ccc(-c3ccc(C[C@@H](C#N)NC(=O)C4(N)CCOCC4)cc3)cc21. The van der Waals surface area contributed by atoms with E-state index in [4.69, 9.17) is 10.5 Å². The van der Waals surface area contributed by atoms with Crippen LogP contribution in [0.15, 0.2) is 42.5 Å². The number of likely N-dealkylation sites (N-methyl/N-ethyl adjacent to an activating group) is 1. The van der Waals surface area contributed by atoms with E-state index in [1.807, 2.05) is 42.5 Å². The van der Waals surface area contributed by atoms with Gasteiger partial charge in [-0.2, -0.15) is 5.26 Å². The number of anilines is 1. The highest BCUT2D eigenvalue weighted by atomic mass is 16.5. The molecule has 1 fully saturated rings. The first-order chi connectivity index (χ1) is 14.9. The van der Waals surface area contributed by atoms with Gasteiger partial charge in [-0.25, -0.2) is 0 Å². The lowest BCUT2D eigenvalue weighted by Crippen LogP contribution is -2.58. The number of nitrogens with zero attached hydrogens (tertiary/aromatic N) is 2. The summed E-state index contributed by atoms with van der Waals surface area (Å²) in [5.74, 6) is -0.192. The van der Waals surface area contributed by atoms with Crippen LogP contribution >= 0.6 is 0 Å². The van der Waals surface area contributed by atoms with Gasteiger partial charge in [0.2, 0.25) is 11.8 Å². The molecule has 2 aliphatic heterocycles. The Morgan fingerprint density at radius 1 is 1.23 bits per heavy atom. The van der Waals surface area contributed by atoms with Crippen molar-refractivity contribution in [1.82, 2.24) is 5.32 Å². The Morgan fingerprint density at radius 2 is 1.90 bits per heavy atom. The van der Waals surface area contributed by atoms with Gasteiger partial charge in [-0.05, 0) is 41.2 Å². The molecule has 1 saturated heterocycles. The molecular weight excluding hydrogens is 392 g/mol. The van der Waals surface area contributed by atoms with Gasteiger partial charge >= 0.3 is 0 Å². The van der Waals surface area contributed by atoms with Crippen LogP contribution in [0.2, 0.25) is 0 Å². The van der Waals surface area contributed by atoms with Gasteiger partial charge < -0.3 is 20.7 Å². The smallest absolute Gasteiger partial charge is 0.241 e. The second-order valence-corrected chi connectivity index (χ2v) is 8.30. The molecule has 0 spiro atoms. The van der Waals surface area contributed by atoms with Crippen LogP contribution in [0.4, 0.5) is 5.69 Å². The molecule has 160 valence electrons. The van der Waals surface area contributed by atoms with E-state index in [-0.39, 0.29) is 11.8 Å². The van der Waals surface area contributed by atoms with Gasteiger partial charge in [-0.3, -0.25) is 9.59 Å². The third-order valence-electron chi connectivity index (χ3n) is 6.19. The number of hydrogen-bond donors (Lipinski definition) is 2. The van der Waals surface area contributed by atoms with Crippen molar-refractivity contribution in [3.63, 3.8) is 0 Å². The normalized spacial score (nSPS) is 18.2. The summed E-state index contributed by atoms with van der Waals surface area (Å²) in [5.41, 5.74) is 10.2. The van der Waals surface area contributed by atoms with E-state index in [0.717, 1.165) is 27.9 Å². The molecule has 0 aliphatic carbocycles. The predicted octanol–water partition coefficient (Wildman–Crippen LogP) is 1.93. The van der Waals surface area contributed by atoms with Crippen molar-refractivity contribution in [3.8, 4) is 17.2 Å². The molecule has 2 amide bonds. The number of benzene rings is 2. The van der Waals surface area contributed by atoms with Crippen molar-refractivity contribution in [2.75, 3.05) is 25.2 Å². The summed E-state index contributed by atoms with van der Waals surface area (Å²) in [5, 5.41) is 12.3. The van der Waals surface area contributed by atoms with E-state index in [9.17, 15) is 14.9 Å². The summed E-state index contributed by atoms with van der Waals surface area (Å²) in [6.45, 7) is 0.907. The molecule has 0 bridgehead atoms. The molecule has 2 aromatic carbocycles. The fraction of sp³-hybridized carbons (Fsp3) is 0.375. The fourth-order valence-electron chi connectivity index (χ4n) is 4.08. The lowest BCUT2D eigenvalue weighted by Gasteiger charge is -2.32. The van der Waals surface area contributed by atoms with Crippen LogP contribution < -0.4 is 16.0 Å². The first kappa shape index (κ1) is 21.0. The van der Waals surface area contributed by atoms with Crippen molar-refractivity contribution < 1.29 is 14.3 Å². The van der Waals surface area contributed by atoms with Crippen LogP contribution in [0, 0.1) is 11.3 Å². The summed E-state index contributed by atoms with van der Waals surface area (Å²) >= 11 is 0. The molecular formula is C24H26N4O3. The zero-order chi connectivity index (χ0) is 22.0. The largest absolute Gasteiger partial charge is 0.381 e. The third kappa shape index (κ3) is 4.31. The molecule has 0 aromatic heterocycles. The molecule has 2 aliphatic rings. The quantitative estimate of drug-likeness (QED) is 0.771. The Kier molecular flexibility index (Phi) is 5.77. The van der Waals surface area contributed by atoms with Crippen molar-refractivity contribution in [1.29, 1.82) is 5.26 Å². The first-order valence-corrected chi connectivity index (χ1v) is 10.5. The minimum absolute atomic E-state index is 0.104. The Morgan fingerprint density at radius 3 is 2.58 bits per heavy atom. The number of amides is 2. The van der Waals surface area contributed by atoms with Crippen LogP contribution in [0.3, 0.4) is 0 Å². The highest BCUT2D eigenvalue weighted by Crippen LogP contribution is 2.32. The maximum atomic E-state index is 12.6. The molecule has 2 heterocycles. The highest BCUT2D eigenvalue weighted by Gasteiger charge is 2.36. The number of ether oxygens (including phenoxy) is 1. The number of carbonyl (C=O) groups is 2. The molecule has 4 rings (SSSR count). The van der Waals surface area contributed by atoms with E-state index < -0.39 is 11.6 Å². The number of rotatable bonds is 5. The van der Waals surface area contributed by atoms with Gasteiger partial charge in [0.05, 0.1) is 18.0 Å². The molecule has 7 nitrogen and oxygen atoms in total. The van der Waals surface area contributed by atoms with Gasteiger partial charge in [0.1, 0.15) is 6.04 Å². The summed E-state index contributed by atoms with van der Waals surface area (Å²) in [6.07, 6.45) is 1.75. The third-order valence-corrected chi connectivity index (χ3v) is 6.19. The van der Waals surface area contributed by atoms with Crippen LogP contribution in [-0.4, -0.2) is 43.7 Å². The van der Waals surface area contributed by atoms with Gasteiger partial charge in [0.25, 0.3) is 0 Å². The maximum absolute atomic E-state index is 12.6. The Balaban J connectivity index is 1.43. The van der Waals surface area contributed by atoms with Crippen LogP contribution in [0.25, 0.3) is 11.1 Å². The number of nitrogens with one attached hydrogen (secondary N) is 1. The van der Waals surface area contributed by atoms with E-state index in [1.165, 1.54) is 0 Å². The lowest BCUT2D eigenvalue weighted by molar-refractivity contribution is -0.130. The average Bonchev–Trinajstić information content (AvgIpc) is 3.07. The zero-order valence-corrected chi connectivity index (χ0v) is 17.6. The van der Waals surface area contributed by atoms with E-state index >= 15 is 0 Å². The molecule has 3 N–H and O–H groups in total. The summed E-state index contributed by atoms with van der Waals surface area (Å²) < 4.78 is 5.28. The Bertz CT molecular complexity index is 1040. The molecule has 31 heavy (non-hydrogen) atoms. The van der Waals surface area contributed by atoms with E-state index in [2.05, 4.69) is 11.4 Å². The molecule has 0 radical (unpaired) electrons. The summed E-state index contributed by atoms with van der Waals surface area (Å²) in [6, 6.07) is 15.5. The Labute approximate surface area is 181 Å². The zero-order valence-electron chi connectivity index (χ0n) is 17.6. The highest BCUT2D eigenvalue weighted by molar-refractivity contribution is 6.01. The maximum Gasteiger partial charge on any atom is 0.241 e. The number of nitriles is 1. The number of nitrogens with two attached hydrogens (primary N) is 1. The standard InChI is InChI=1S/C24H26N4O3/c1-28-21-13-18(6-7-19(21)14-22(28)29)17-4-2-16(3-5-17)12-20(15-25)27-23(30)24(26)8-10-31-11-9-24/h2-7,13,20H,8-12,14,26H2,1H3,(H,27,30)/t20-/m0/s1. The molecule has 0 unspecified atom stereocenters. The minimum Gasteiger partial charge on any atom is -0.381 e. The average molecular weight is 418 g/mol. The second-order valence-electron chi connectivity index (χ2n) is 8.30. The molecule has 2 aromatic rings. The van der Waals surface area contributed by atoms with Crippen molar-refractivity contribution in [3.05, 3.63) is 53.6 Å². The van der Waals surface area contributed by atoms with E-state index in [1.54, 1.807) is 11.9 Å². The van der Waals surface area contributed by atoms with Crippen LogP contribution in [0.5, 0.6) is 0 Å². The van der Waals surface area contributed by atoms with Gasteiger partial charge in [-0.15, -0.1) is 0 Å². The Hall–Kier alpha value is -3.21. The van der Waals surface area contributed by atoms with Crippen molar-refractivity contribution in [2.24, 2.45) is 5.73 Å². The lowest BCUT2D eigenvalue weighted by atomic mass is 9.90. The molecule has 0 saturated carbocycles. The topological polar surface area (TPSA) is 108 Å². The van der Waals surface area contributed by atoms with Gasteiger partial charge in [0, 0.05) is 32.4 Å². The minimum atomic E-state index is -0.973. The number of hydrogen-bond acceptors (Lipinski definition) is 5. The molecule has 7 heteroatoms. The number of fused-ring (bicyclic) bond motifs is 1. The summed E-state index contributed by atoms with van der Waals surface area (Å²) in [4.78, 5) is 26.2. The van der Waals surface area contributed by atoms with E-state index in [0.29, 0.717) is 38.9 Å². The summed E-state index contributed by atoms with van der Waals surface area (Å²) in [7, 11) is 1.79. The second kappa shape index (κ2) is 8.50. The fourth-order valence-corrected chi connectivity index (χ4v) is 4.08. The number of carbonyl (C=O) groups excluding carboxylic acids is 2.